The molecule has 0 saturated heterocycles. The largest absolute Gasteiger partial charge is 0.471 e. The number of alkyl halides is 3. The normalized spacial score (nSPS) is 12.0. The predicted octanol–water partition coefficient (Wildman–Crippen LogP) is -0.169. The molecule has 35 heavy (non-hydrogen) atoms. The van der Waals surface area contributed by atoms with Gasteiger partial charge in [0.2, 0.25) is 21.9 Å². The molecule has 0 aliphatic heterocycles. The topological polar surface area (TPSA) is 174 Å². The summed E-state index contributed by atoms with van der Waals surface area (Å²) in [5, 5.41) is 6.65. The molecule has 0 aliphatic rings. The molecule has 0 saturated carbocycles. The lowest BCUT2D eigenvalue weighted by atomic mass is 10.2. The third kappa shape index (κ3) is 9.36. The van der Waals surface area contributed by atoms with Gasteiger partial charge >= 0.3 is 12.1 Å². The summed E-state index contributed by atoms with van der Waals surface area (Å²) in [6.45, 7) is -0.941. The van der Waals surface area contributed by atoms with Crippen molar-refractivity contribution in [3.8, 4) is 0 Å². The van der Waals surface area contributed by atoms with Gasteiger partial charge in [-0.15, -0.1) is 0 Å². The molecule has 0 spiro atoms. The lowest BCUT2D eigenvalue weighted by Gasteiger charge is -2.11. The number of halogens is 3. The van der Waals surface area contributed by atoms with Crippen LogP contribution in [0.15, 0.2) is 58.6 Å². The van der Waals surface area contributed by atoms with Gasteiger partial charge in [-0.05, 0) is 22.9 Å². The summed E-state index contributed by atoms with van der Waals surface area (Å²) in [7, 11) is -3.89. The van der Waals surface area contributed by atoms with E-state index in [4.69, 9.17) is 5.73 Å². The highest BCUT2D eigenvalue weighted by atomic mass is 32.2. The quantitative estimate of drug-likeness (QED) is 0.146. The molecule has 12 nitrogen and oxygen atoms in total. The number of hydrogen-bond donors (Lipinski definition) is 4. The monoisotopic (exact) mass is 518 g/mol. The van der Waals surface area contributed by atoms with Gasteiger partial charge in [0.25, 0.3) is 5.56 Å². The molecule has 2 rings (SSSR count). The van der Waals surface area contributed by atoms with Gasteiger partial charge in [0.1, 0.15) is 18.8 Å². The number of aromatic nitrogens is 1. The van der Waals surface area contributed by atoms with Gasteiger partial charge in [0.15, 0.2) is 0 Å². The molecule has 2 amide bonds. The first-order valence-corrected chi connectivity index (χ1v) is 11.4. The summed E-state index contributed by atoms with van der Waals surface area (Å²) < 4.78 is 64.1. The molecule has 0 bridgehead atoms. The van der Waals surface area contributed by atoms with Crippen molar-refractivity contribution in [1.29, 1.82) is 0 Å². The molecule has 0 unspecified atom stereocenters. The molecule has 16 heteroatoms. The fourth-order valence-electron chi connectivity index (χ4n) is 2.51. The number of oxime groups is 1. The lowest BCUT2D eigenvalue weighted by molar-refractivity contribution is -0.171. The van der Waals surface area contributed by atoms with E-state index in [0.717, 1.165) is 4.57 Å². The average Bonchev–Trinajstić information content (AvgIpc) is 2.76. The van der Waals surface area contributed by atoms with E-state index < -0.39 is 46.1 Å². The first-order chi connectivity index (χ1) is 16.4. The Balaban J connectivity index is 1.85. The summed E-state index contributed by atoms with van der Waals surface area (Å²) in [5.74, 6) is -4.26. The number of nitrogens with two attached hydrogens (primary N) is 1. The maximum Gasteiger partial charge on any atom is 0.471 e. The Morgan fingerprint density at radius 3 is 2.46 bits per heavy atom. The van der Waals surface area contributed by atoms with E-state index in [1.807, 2.05) is 0 Å². The van der Waals surface area contributed by atoms with Crippen molar-refractivity contribution in [2.24, 2.45) is 10.9 Å². The van der Waals surface area contributed by atoms with E-state index >= 15 is 0 Å². The molecule has 0 fully saturated rings. The van der Waals surface area contributed by atoms with Crippen LogP contribution < -0.4 is 26.6 Å². The molecule has 2 aromatic rings. The van der Waals surface area contributed by atoms with Crippen LogP contribution in [0.4, 0.5) is 18.9 Å². The molecule has 1 aromatic carbocycles. The molecule has 0 aliphatic carbocycles. The summed E-state index contributed by atoms with van der Waals surface area (Å²) in [5.41, 5.74) is 4.57. The number of sulfonamides is 1. The smallest absolute Gasteiger partial charge is 0.391 e. The summed E-state index contributed by atoms with van der Waals surface area (Å²) in [6.07, 6.45) is -3.87. The van der Waals surface area contributed by atoms with E-state index in [9.17, 15) is 36.0 Å². The number of carbonyl (C=O) groups excluding carboxylic acids is 2. The molecule has 0 radical (unpaired) electrons. The zero-order chi connectivity index (χ0) is 26.1. The number of hydrogen-bond acceptors (Lipinski definition) is 7. The Labute approximate surface area is 197 Å². The minimum atomic E-state index is -5.15. The van der Waals surface area contributed by atoms with Crippen LogP contribution in [0.1, 0.15) is 5.56 Å². The lowest BCUT2D eigenvalue weighted by Crippen LogP contribution is -2.44. The summed E-state index contributed by atoms with van der Waals surface area (Å²) in [6, 6.07) is 11.0. The molecular weight excluding hydrogens is 497 g/mol. The standard InChI is InChI=1S/C19H21F3N6O6S/c20-19(21,22)17(31)25-18(23)26-34-10-8-24-15(29)11-28-9-4-7-14(16(28)30)27-35(32,33)12-13-5-2-1-3-6-13/h1-7,9,27H,8,10-12H2,(H,24,29)(H3,23,25,26,31). The molecule has 0 atom stereocenters. The minimum absolute atomic E-state index is 0.166. The average molecular weight is 518 g/mol. The highest BCUT2D eigenvalue weighted by Gasteiger charge is 2.39. The third-order valence-corrected chi connectivity index (χ3v) is 5.22. The van der Waals surface area contributed by atoms with Gasteiger partial charge < -0.3 is 20.5 Å². The van der Waals surface area contributed by atoms with Crippen molar-refractivity contribution in [3.05, 3.63) is 64.6 Å². The van der Waals surface area contributed by atoms with E-state index in [1.165, 1.54) is 23.6 Å². The van der Waals surface area contributed by atoms with E-state index in [0.29, 0.717) is 5.56 Å². The van der Waals surface area contributed by atoms with Gasteiger partial charge in [-0.1, -0.05) is 30.3 Å². The first-order valence-electron chi connectivity index (χ1n) is 9.71. The number of nitrogens with one attached hydrogen (secondary N) is 3. The van der Waals surface area contributed by atoms with Gasteiger partial charge in [0, 0.05) is 6.20 Å². The zero-order valence-corrected chi connectivity index (χ0v) is 18.7. The predicted molar refractivity (Wildman–Crippen MR) is 118 cm³/mol. The Morgan fingerprint density at radius 2 is 1.80 bits per heavy atom. The van der Waals surface area contributed by atoms with Gasteiger partial charge in [0.05, 0.1) is 12.3 Å². The molecule has 190 valence electrons. The summed E-state index contributed by atoms with van der Waals surface area (Å²) in [4.78, 5) is 39.8. The molecule has 1 aromatic heterocycles. The Hall–Kier alpha value is -4.08. The second-order valence-electron chi connectivity index (χ2n) is 6.81. The number of guanidine groups is 1. The van der Waals surface area contributed by atoms with Crippen molar-refractivity contribution in [3.63, 3.8) is 0 Å². The van der Waals surface area contributed by atoms with Crippen molar-refractivity contribution in [2.75, 3.05) is 17.9 Å². The van der Waals surface area contributed by atoms with Crippen LogP contribution in [-0.4, -0.2) is 50.1 Å². The number of benzene rings is 1. The SMILES string of the molecule is N/C(=N\OCCNC(=O)Cn1cccc(NS(=O)(=O)Cc2ccccc2)c1=O)NC(=O)C(F)(F)F. The number of nitrogens with zero attached hydrogens (tertiary/aromatic N) is 2. The molecule has 1 heterocycles. The van der Waals surface area contributed by atoms with Gasteiger partial charge in [-0.25, -0.2) is 8.42 Å². The number of anilines is 1. The van der Waals surface area contributed by atoms with Crippen LogP contribution in [0.2, 0.25) is 0 Å². The van der Waals surface area contributed by atoms with Crippen molar-refractivity contribution in [2.45, 2.75) is 18.5 Å². The number of rotatable bonds is 10. The molecular formula is C19H21F3N6O6S. The van der Waals surface area contributed by atoms with Crippen molar-refractivity contribution < 1.29 is 36.0 Å². The maximum absolute atomic E-state index is 12.5. The summed E-state index contributed by atoms with van der Waals surface area (Å²) >= 11 is 0. The highest BCUT2D eigenvalue weighted by molar-refractivity contribution is 7.91. The Bertz CT molecular complexity index is 1230. The first kappa shape index (κ1) is 27.2. The second kappa shape index (κ2) is 11.9. The Kier molecular flexibility index (Phi) is 9.21. The number of amides is 2. The second-order valence-corrected chi connectivity index (χ2v) is 8.54. The van der Waals surface area contributed by atoms with Crippen molar-refractivity contribution >= 4 is 33.5 Å². The maximum atomic E-state index is 12.5. The van der Waals surface area contributed by atoms with Gasteiger partial charge in [-0.3, -0.25) is 24.4 Å². The van der Waals surface area contributed by atoms with Crippen LogP contribution in [0.25, 0.3) is 0 Å². The van der Waals surface area contributed by atoms with Crippen LogP contribution in [0.3, 0.4) is 0 Å². The van der Waals surface area contributed by atoms with Crippen molar-refractivity contribution in [1.82, 2.24) is 15.2 Å². The fourth-order valence-corrected chi connectivity index (χ4v) is 3.70. The van der Waals surface area contributed by atoms with Crippen LogP contribution >= 0.6 is 0 Å². The molecule has 5 N–H and O–H groups in total. The minimum Gasteiger partial charge on any atom is -0.391 e. The Morgan fingerprint density at radius 1 is 1.11 bits per heavy atom. The highest BCUT2D eigenvalue weighted by Crippen LogP contribution is 2.13. The van der Waals surface area contributed by atoms with E-state index in [2.05, 4.69) is 20.0 Å². The number of pyridine rings is 1. The zero-order valence-electron chi connectivity index (χ0n) is 17.9. The van der Waals surface area contributed by atoms with Crippen LogP contribution in [0.5, 0.6) is 0 Å². The van der Waals surface area contributed by atoms with Crippen LogP contribution in [-0.2, 0) is 36.7 Å². The fraction of sp³-hybridized carbons (Fsp3) is 0.263. The van der Waals surface area contributed by atoms with E-state index in [1.54, 1.807) is 30.3 Å². The van der Waals surface area contributed by atoms with E-state index in [-0.39, 0.29) is 24.6 Å². The third-order valence-electron chi connectivity index (χ3n) is 3.98. The van der Waals surface area contributed by atoms with Gasteiger partial charge in [-0.2, -0.15) is 13.2 Å². The number of carbonyl (C=O) groups is 2. The van der Waals surface area contributed by atoms with Crippen LogP contribution in [0, 0.1) is 0 Å².